The van der Waals surface area contributed by atoms with Gasteiger partial charge in [0.05, 0.1) is 14.2 Å². The number of halogens is 1. The maximum absolute atomic E-state index is 11.4. The van der Waals surface area contributed by atoms with Crippen LogP contribution in [0.15, 0.2) is 33.8 Å². The minimum absolute atomic E-state index is 0.100. The number of methoxy groups -OCH3 is 2. The summed E-state index contributed by atoms with van der Waals surface area (Å²) in [6, 6.07) is 3.79. The second-order valence-electron chi connectivity index (χ2n) is 4.01. The van der Waals surface area contributed by atoms with Gasteiger partial charge in [0, 0.05) is 23.4 Å². The number of hydrogen-bond donors (Lipinski definition) is 1. The zero-order valence-electron chi connectivity index (χ0n) is 10.8. The van der Waals surface area contributed by atoms with Crippen molar-refractivity contribution >= 4 is 15.9 Å². The standard InChI is InChI=1S/C13H15BrN2O3/c1-18-11-7-9(10(14)8-12(11)19-2)3-5-16-6-4-15-13(16)17/h4,6-8H,3,5H2,1-2H3,(H,15,17). The van der Waals surface area contributed by atoms with Gasteiger partial charge in [-0.2, -0.15) is 0 Å². The first-order chi connectivity index (χ1) is 9.15. The highest BCUT2D eigenvalue weighted by Gasteiger charge is 2.09. The van der Waals surface area contributed by atoms with Crippen LogP contribution in [-0.4, -0.2) is 23.8 Å². The molecule has 1 aromatic carbocycles. The fourth-order valence-electron chi connectivity index (χ4n) is 1.85. The summed E-state index contributed by atoms with van der Waals surface area (Å²) in [5.41, 5.74) is 0.961. The Morgan fingerprint density at radius 1 is 1.26 bits per heavy atom. The van der Waals surface area contributed by atoms with Crippen molar-refractivity contribution in [3.8, 4) is 11.5 Å². The van der Waals surface area contributed by atoms with Gasteiger partial charge in [-0.1, -0.05) is 15.9 Å². The van der Waals surface area contributed by atoms with Gasteiger partial charge in [-0.15, -0.1) is 0 Å². The number of hydrogen-bond acceptors (Lipinski definition) is 3. The molecule has 1 aromatic heterocycles. The molecule has 2 aromatic rings. The number of ether oxygens (including phenoxy) is 2. The molecule has 0 atom stereocenters. The quantitative estimate of drug-likeness (QED) is 0.916. The van der Waals surface area contributed by atoms with Crippen LogP contribution in [0.25, 0.3) is 0 Å². The van der Waals surface area contributed by atoms with Crippen molar-refractivity contribution in [3.63, 3.8) is 0 Å². The normalized spacial score (nSPS) is 10.5. The molecule has 0 spiro atoms. The molecule has 0 saturated carbocycles. The third-order valence-electron chi connectivity index (χ3n) is 2.90. The topological polar surface area (TPSA) is 56.2 Å². The van der Waals surface area contributed by atoms with Gasteiger partial charge in [-0.05, 0) is 24.1 Å². The fraction of sp³-hybridized carbons (Fsp3) is 0.308. The van der Waals surface area contributed by atoms with E-state index in [2.05, 4.69) is 20.9 Å². The third kappa shape index (κ3) is 3.01. The number of imidazole rings is 1. The first kappa shape index (κ1) is 13.7. The molecule has 5 nitrogen and oxygen atoms in total. The van der Waals surface area contributed by atoms with Gasteiger partial charge < -0.3 is 14.5 Å². The van der Waals surface area contributed by atoms with Gasteiger partial charge >= 0.3 is 5.69 Å². The van der Waals surface area contributed by atoms with Crippen LogP contribution in [0.1, 0.15) is 5.56 Å². The van der Waals surface area contributed by atoms with Crippen molar-refractivity contribution < 1.29 is 9.47 Å². The maximum atomic E-state index is 11.4. The second-order valence-corrected chi connectivity index (χ2v) is 4.86. The minimum Gasteiger partial charge on any atom is -0.493 e. The number of aromatic amines is 1. The molecule has 1 heterocycles. The predicted octanol–water partition coefficient (Wildman–Crippen LogP) is 2.20. The number of H-pyrrole nitrogens is 1. The lowest BCUT2D eigenvalue weighted by molar-refractivity contribution is 0.354. The maximum Gasteiger partial charge on any atom is 0.325 e. The zero-order chi connectivity index (χ0) is 13.8. The number of aromatic nitrogens is 2. The first-order valence-electron chi connectivity index (χ1n) is 5.80. The summed E-state index contributed by atoms with van der Waals surface area (Å²) in [6.07, 6.45) is 4.08. The van der Waals surface area contributed by atoms with Crippen LogP contribution in [0.4, 0.5) is 0 Å². The number of aryl methyl sites for hydroxylation is 2. The monoisotopic (exact) mass is 326 g/mol. The van der Waals surface area contributed by atoms with Crippen LogP contribution in [0, 0.1) is 0 Å². The number of nitrogens with one attached hydrogen (secondary N) is 1. The summed E-state index contributed by atoms with van der Waals surface area (Å²) in [6.45, 7) is 0.608. The van der Waals surface area contributed by atoms with Crippen molar-refractivity contribution in [3.05, 3.63) is 45.0 Å². The van der Waals surface area contributed by atoms with Crippen molar-refractivity contribution in [2.24, 2.45) is 0 Å². The molecule has 1 N–H and O–H groups in total. The van der Waals surface area contributed by atoms with E-state index in [-0.39, 0.29) is 5.69 Å². The lowest BCUT2D eigenvalue weighted by Gasteiger charge is -2.12. The molecule has 0 bridgehead atoms. The van der Waals surface area contributed by atoms with Crippen LogP contribution >= 0.6 is 15.9 Å². The molecule has 0 saturated heterocycles. The summed E-state index contributed by atoms with van der Waals surface area (Å²) in [4.78, 5) is 14.0. The number of rotatable bonds is 5. The molecule has 2 rings (SSSR count). The summed E-state index contributed by atoms with van der Waals surface area (Å²) < 4.78 is 13.1. The molecule has 0 radical (unpaired) electrons. The van der Waals surface area contributed by atoms with E-state index in [1.807, 2.05) is 12.1 Å². The molecular formula is C13H15BrN2O3. The van der Waals surface area contributed by atoms with Gasteiger partial charge in [-0.3, -0.25) is 4.57 Å². The van der Waals surface area contributed by atoms with Crippen molar-refractivity contribution in [1.29, 1.82) is 0 Å². The summed E-state index contributed by atoms with van der Waals surface area (Å²) in [5.74, 6) is 1.36. The Balaban J connectivity index is 2.21. The smallest absolute Gasteiger partial charge is 0.325 e. The Morgan fingerprint density at radius 2 is 1.95 bits per heavy atom. The average molecular weight is 327 g/mol. The molecular weight excluding hydrogens is 312 g/mol. The van der Waals surface area contributed by atoms with E-state index in [4.69, 9.17) is 9.47 Å². The lowest BCUT2D eigenvalue weighted by Crippen LogP contribution is -2.17. The van der Waals surface area contributed by atoms with Crippen molar-refractivity contribution in [2.45, 2.75) is 13.0 Å². The van der Waals surface area contributed by atoms with E-state index in [0.717, 1.165) is 16.5 Å². The lowest BCUT2D eigenvalue weighted by atomic mass is 10.1. The molecule has 102 valence electrons. The molecule has 0 aliphatic carbocycles. The van der Waals surface area contributed by atoms with E-state index in [0.29, 0.717) is 18.0 Å². The Morgan fingerprint density at radius 3 is 2.53 bits per heavy atom. The third-order valence-corrected chi connectivity index (χ3v) is 3.63. The molecule has 0 fully saturated rings. The largest absolute Gasteiger partial charge is 0.493 e. The Hall–Kier alpha value is -1.69. The van der Waals surface area contributed by atoms with Gasteiger partial charge in [-0.25, -0.2) is 4.79 Å². The van der Waals surface area contributed by atoms with Gasteiger partial charge in [0.25, 0.3) is 0 Å². The summed E-state index contributed by atoms with van der Waals surface area (Å²) in [5, 5.41) is 0. The predicted molar refractivity (Wildman–Crippen MR) is 76.0 cm³/mol. The molecule has 0 aliphatic rings. The molecule has 0 amide bonds. The zero-order valence-corrected chi connectivity index (χ0v) is 12.4. The second kappa shape index (κ2) is 5.97. The highest BCUT2D eigenvalue weighted by Crippen LogP contribution is 2.33. The van der Waals surface area contributed by atoms with Gasteiger partial charge in [0.15, 0.2) is 11.5 Å². The highest BCUT2D eigenvalue weighted by molar-refractivity contribution is 9.10. The fourth-order valence-corrected chi connectivity index (χ4v) is 2.37. The van der Waals surface area contributed by atoms with E-state index in [1.165, 1.54) is 0 Å². The van der Waals surface area contributed by atoms with Gasteiger partial charge in [0.2, 0.25) is 0 Å². The molecule has 19 heavy (non-hydrogen) atoms. The Kier molecular flexibility index (Phi) is 4.31. The van der Waals surface area contributed by atoms with E-state index < -0.39 is 0 Å². The summed E-state index contributed by atoms with van der Waals surface area (Å²) >= 11 is 3.50. The minimum atomic E-state index is -0.100. The average Bonchev–Trinajstić information content (AvgIpc) is 2.82. The van der Waals surface area contributed by atoms with Crippen LogP contribution in [-0.2, 0) is 13.0 Å². The highest BCUT2D eigenvalue weighted by atomic mass is 79.9. The van der Waals surface area contributed by atoms with Crippen LogP contribution in [0.2, 0.25) is 0 Å². The van der Waals surface area contributed by atoms with Crippen molar-refractivity contribution in [1.82, 2.24) is 9.55 Å². The van der Waals surface area contributed by atoms with Crippen LogP contribution in [0.5, 0.6) is 11.5 Å². The molecule has 0 unspecified atom stereocenters. The SMILES string of the molecule is COc1cc(Br)c(CCn2cc[nH]c2=O)cc1OC. The molecule has 0 aliphatic heterocycles. The van der Waals surface area contributed by atoms with E-state index in [1.54, 1.807) is 31.2 Å². The Bertz CT molecular complexity index is 619. The van der Waals surface area contributed by atoms with E-state index >= 15 is 0 Å². The van der Waals surface area contributed by atoms with Crippen LogP contribution in [0.3, 0.4) is 0 Å². The number of nitrogens with zero attached hydrogens (tertiary/aromatic N) is 1. The van der Waals surface area contributed by atoms with Crippen LogP contribution < -0.4 is 15.2 Å². The first-order valence-corrected chi connectivity index (χ1v) is 6.59. The molecule has 6 heteroatoms. The summed E-state index contributed by atoms with van der Waals surface area (Å²) in [7, 11) is 3.20. The van der Waals surface area contributed by atoms with Gasteiger partial charge in [0.1, 0.15) is 0 Å². The van der Waals surface area contributed by atoms with E-state index in [9.17, 15) is 4.79 Å². The number of benzene rings is 1. The Labute approximate surface area is 119 Å². The van der Waals surface area contributed by atoms with Crippen molar-refractivity contribution in [2.75, 3.05) is 14.2 Å².